The van der Waals surface area contributed by atoms with Crippen molar-refractivity contribution in [3.63, 3.8) is 0 Å². The first-order valence-electron chi connectivity index (χ1n) is 12.8. The van der Waals surface area contributed by atoms with Crippen molar-refractivity contribution >= 4 is 28.1 Å². The highest BCUT2D eigenvalue weighted by molar-refractivity contribution is 5.78. The van der Waals surface area contributed by atoms with E-state index in [0.717, 1.165) is 28.0 Å². The highest BCUT2D eigenvalue weighted by atomic mass is 16.3. The number of para-hydroxylation sites is 2. The van der Waals surface area contributed by atoms with Crippen LogP contribution in [0.2, 0.25) is 0 Å². The Balaban J connectivity index is 1.41. The van der Waals surface area contributed by atoms with Gasteiger partial charge < -0.3 is 24.2 Å². The van der Waals surface area contributed by atoms with Crippen LogP contribution in [0.25, 0.3) is 22.2 Å². The van der Waals surface area contributed by atoms with Crippen molar-refractivity contribution < 1.29 is 15.0 Å². The zero-order chi connectivity index (χ0) is 27.4. The van der Waals surface area contributed by atoms with Gasteiger partial charge in [-0.15, -0.1) is 0 Å². The van der Waals surface area contributed by atoms with Gasteiger partial charge in [0.2, 0.25) is 5.91 Å². The van der Waals surface area contributed by atoms with Crippen LogP contribution in [0.1, 0.15) is 38.6 Å². The molecule has 202 valence electrons. The standard InChI is InChI=1S/C26H33N7O5/c1-5-32-18-9-7-6-8-17(18)28-20(32)10-11-21(35)31-13-16(34)12-19(26(2,38)14-31)33-15-27-23-22(33)24(36)30(4)25(37)29(23)3/h6-9,15-16,19,34,38H,5,10-14H2,1-4H3/t16-,19-,26-/m1/s1. The monoisotopic (exact) mass is 523 g/mol. The summed E-state index contributed by atoms with van der Waals surface area (Å²) in [6.45, 7) is 4.37. The Morgan fingerprint density at radius 3 is 2.66 bits per heavy atom. The molecule has 38 heavy (non-hydrogen) atoms. The van der Waals surface area contributed by atoms with E-state index < -0.39 is 29.0 Å². The molecule has 4 aromatic rings. The van der Waals surface area contributed by atoms with Crippen LogP contribution in [0.15, 0.2) is 40.2 Å². The Bertz CT molecular complexity index is 1640. The number of carbonyl (C=O) groups is 1. The Kier molecular flexibility index (Phi) is 6.48. The molecular formula is C26H33N7O5. The number of aryl methyl sites for hydroxylation is 3. The third kappa shape index (κ3) is 4.23. The number of hydrogen-bond acceptors (Lipinski definition) is 7. The lowest BCUT2D eigenvalue weighted by Gasteiger charge is -2.34. The van der Waals surface area contributed by atoms with E-state index in [-0.39, 0.29) is 43.0 Å². The molecule has 1 aromatic carbocycles. The van der Waals surface area contributed by atoms with Crippen molar-refractivity contribution in [1.29, 1.82) is 0 Å². The maximum absolute atomic E-state index is 13.3. The van der Waals surface area contributed by atoms with Crippen molar-refractivity contribution in [2.45, 2.75) is 57.4 Å². The molecule has 1 amide bonds. The molecule has 1 aliphatic heterocycles. The first-order chi connectivity index (χ1) is 18.0. The molecule has 3 atom stereocenters. The number of amides is 1. The number of likely N-dealkylation sites (tertiary alicyclic amines) is 1. The molecule has 12 heteroatoms. The van der Waals surface area contributed by atoms with E-state index in [1.165, 1.54) is 34.5 Å². The van der Waals surface area contributed by atoms with E-state index >= 15 is 0 Å². The van der Waals surface area contributed by atoms with Gasteiger partial charge in [0.05, 0.1) is 36.1 Å². The third-order valence-electron chi connectivity index (χ3n) is 7.63. The smallest absolute Gasteiger partial charge is 0.332 e. The van der Waals surface area contributed by atoms with Crippen LogP contribution in [0.3, 0.4) is 0 Å². The molecule has 0 radical (unpaired) electrons. The number of nitrogens with zero attached hydrogens (tertiary/aromatic N) is 7. The van der Waals surface area contributed by atoms with Crippen LogP contribution >= 0.6 is 0 Å². The number of imidazole rings is 2. The summed E-state index contributed by atoms with van der Waals surface area (Å²) in [5, 5.41) is 22.5. The first kappa shape index (κ1) is 25.9. The van der Waals surface area contributed by atoms with Gasteiger partial charge in [0, 0.05) is 40.0 Å². The van der Waals surface area contributed by atoms with Gasteiger partial charge in [0.25, 0.3) is 5.56 Å². The minimum atomic E-state index is -1.49. The number of aliphatic hydroxyl groups is 2. The fourth-order valence-corrected chi connectivity index (χ4v) is 5.65. The Morgan fingerprint density at radius 1 is 1.18 bits per heavy atom. The summed E-state index contributed by atoms with van der Waals surface area (Å²) in [5.41, 5.74) is -0.286. The van der Waals surface area contributed by atoms with Crippen LogP contribution < -0.4 is 11.2 Å². The maximum atomic E-state index is 13.3. The summed E-state index contributed by atoms with van der Waals surface area (Å²) in [7, 11) is 2.91. The van der Waals surface area contributed by atoms with Crippen LogP contribution in [0.4, 0.5) is 0 Å². The molecule has 1 saturated heterocycles. The minimum Gasteiger partial charge on any atom is -0.391 e. The maximum Gasteiger partial charge on any atom is 0.332 e. The van der Waals surface area contributed by atoms with Gasteiger partial charge in [0.1, 0.15) is 11.4 Å². The van der Waals surface area contributed by atoms with Gasteiger partial charge in [-0.3, -0.25) is 18.7 Å². The lowest BCUT2D eigenvalue weighted by Crippen LogP contribution is -2.47. The molecule has 12 nitrogen and oxygen atoms in total. The zero-order valence-electron chi connectivity index (χ0n) is 22.0. The molecule has 0 aliphatic carbocycles. The average molecular weight is 524 g/mol. The van der Waals surface area contributed by atoms with E-state index in [4.69, 9.17) is 4.98 Å². The second-order valence-electron chi connectivity index (χ2n) is 10.3. The molecule has 0 spiro atoms. The number of aliphatic hydroxyl groups excluding tert-OH is 1. The van der Waals surface area contributed by atoms with Gasteiger partial charge >= 0.3 is 5.69 Å². The molecule has 2 N–H and O–H groups in total. The largest absolute Gasteiger partial charge is 0.391 e. The van der Waals surface area contributed by atoms with Crippen LogP contribution in [0, 0.1) is 0 Å². The Hall–Kier alpha value is -3.77. The first-order valence-corrected chi connectivity index (χ1v) is 12.8. The number of benzene rings is 1. The SMILES string of the molecule is CCn1c(CCC(=O)N2C[C@H](O)C[C@@H](n3cnc4c3c(=O)n(C)c(=O)n4C)[C@](C)(O)C2)nc2ccccc21. The van der Waals surface area contributed by atoms with Crippen molar-refractivity contribution in [1.82, 2.24) is 33.1 Å². The molecule has 5 rings (SSSR count). The average Bonchev–Trinajstić information content (AvgIpc) is 3.45. The van der Waals surface area contributed by atoms with Crippen LogP contribution in [-0.2, 0) is 31.9 Å². The second kappa shape index (κ2) is 9.52. The lowest BCUT2D eigenvalue weighted by atomic mass is 9.92. The Morgan fingerprint density at radius 2 is 1.92 bits per heavy atom. The number of rotatable bonds is 5. The number of carbonyl (C=O) groups excluding carboxylic acids is 1. The fourth-order valence-electron chi connectivity index (χ4n) is 5.65. The highest BCUT2D eigenvalue weighted by Gasteiger charge is 2.42. The van der Waals surface area contributed by atoms with Gasteiger partial charge in [-0.1, -0.05) is 12.1 Å². The van der Waals surface area contributed by atoms with Crippen LogP contribution in [0.5, 0.6) is 0 Å². The third-order valence-corrected chi connectivity index (χ3v) is 7.63. The summed E-state index contributed by atoms with van der Waals surface area (Å²) in [6.07, 6.45) is 1.17. The molecule has 4 heterocycles. The molecular weight excluding hydrogens is 490 g/mol. The van der Waals surface area contributed by atoms with Crippen LogP contribution in [-0.4, -0.2) is 74.1 Å². The van der Waals surface area contributed by atoms with Gasteiger partial charge in [0.15, 0.2) is 11.2 Å². The second-order valence-corrected chi connectivity index (χ2v) is 10.3. The highest BCUT2D eigenvalue weighted by Crippen LogP contribution is 2.33. The quantitative estimate of drug-likeness (QED) is 0.384. The normalized spacial score (nSPS) is 22.3. The van der Waals surface area contributed by atoms with E-state index in [1.807, 2.05) is 31.2 Å². The summed E-state index contributed by atoms with van der Waals surface area (Å²) in [6, 6.07) is 7.08. The topological polar surface area (TPSA) is 140 Å². The van der Waals surface area contributed by atoms with E-state index in [9.17, 15) is 24.6 Å². The molecule has 1 aliphatic rings. The summed E-state index contributed by atoms with van der Waals surface area (Å²) in [5.74, 6) is 0.613. The lowest BCUT2D eigenvalue weighted by molar-refractivity contribution is -0.135. The van der Waals surface area contributed by atoms with E-state index in [2.05, 4.69) is 9.55 Å². The fraction of sp³-hybridized carbons (Fsp3) is 0.500. The Labute approximate surface area is 218 Å². The predicted octanol–water partition coefficient (Wildman–Crippen LogP) is 0.321. The van der Waals surface area contributed by atoms with E-state index in [0.29, 0.717) is 6.42 Å². The summed E-state index contributed by atoms with van der Waals surface area (Å²) < 4.78 is 5.87. The predicted molar refractivity (Wildman–Crippen MR) is 141 cm³/mol. The van der Waals surface area contributed by atoms with Gasteiger partial charge in [-0.2, -0.15) is 0 Å². The number of aromatic nitrogens is 6. The van der Waals surface area contributed by atoms with Crippen molar-refractivity contribution in [2.24, 2.45) is 14.1 Å². The number of hydrogen-bond donors (Lipinski definition) is 2. The molecule has 0 saturated carbocycles. The zero-order valence-corrected chi connectivity index (χ0v) is 22.0. The van der Waals surface area contributed by atoms with Gasteiger partial charge in [-0.05, 0) is 32.4 Å². The molecule has 0 unspecified atom stereocenters. The van der Waals surface area contributed by atoms with E-state index in [1.54, 1.807) is 6.92 Å². The van der Waals surface area contributed by atoms with Crippen molar-refractivity contribution in [3.8, 4) is 0 Å². The molecule has 0 bridgehead atoms. The molecule has 3 aromatic heterocycles. The van der Waals surface area contributed by atoms with Crippen molar-refractivity contribution in [3.05, 3.63) is 57.3 Å². The number of fused-ring (bicyclic) bond motifs is 2. The minimum absolute atomic E-state index is 0.0382. The number of β-amino-alcohol motifs (C(OH)–C–C–N with tert-alkyl or cyclic N) is 2. The molecule has 1 fully saturated rings. The van der Waals surface area contributed by atoms with Gasteiger partial charge in [-0.25, -0.2) is 14.8 Å². The van der Waals surface area contributed by atoms with Crippen molar-refractivity contribution in [2.75, 3.05) is 13.1 Å². The summed E-state index contributed by atoms with van der Waals surface area (Å²) >= 11 is 0. The summed E-state index contributed by atoms with van der Waals surface area (Å²) in [4.78, 5) is 49.1.